The summed E-state index contributed by atoms with van der Waals surface area (Å²) < 4.78 is 1.49. The van der Waals surface area contributed by atoms with E-state index in [0.717, 1.165) is 5.69 Å². The second-order valence-electron chi connectivity index (χ2n) is 4.04. The van der Waals surface area contributed by atoms with E-state index in [0.29, 0.717) is 18.1 Å². The van der Waals surface area contributed by atoms with Gasteiger partial charge in [-0.3, -0.25) is 4.57 Å². The lowest BCUT2D eigenvalue weighted by atomic mass is 10.2. The van der Waals surface area contributed by atoms with Crippen molar-refractivity contribution in [2.45, 2.75) is 13.5 Å². The molecule has 5 heteroatoms. The Morgan fingerprint density at radius 1 is 1.44 bits per heavy atom. The van der Waals surface area contributed by atoms with Crippen LogP contribution in [0.1, 0.15) is 5.56 Å². The number of rotatable bonds is 4. The second kappa shape index (κ2) is 5.69. The van der Waals surface area contributed by atoms with Crippen molar-refractivity contribution >= 4 is 17.3 Å². The molecule has 0 saturated carbocycles. The van der Waals surface area contributed by atoms with Crippen LogP contribution in [-0.2, 0) is 6.54 Å². The summed E-state index contributed by atoms with van der Waals surface area (Å²) in [7, 11) is 0. The fraction of sp³-hybridized carbons (Fsp3) is 0.231. The maximum absolute atomic E-state index is 11.4. The topological polar surface area (TPSA) is 46.9 Å². The zero-order valence-electron chi connectivity index (χ0n) is 10.1. The number of nitrogens with zero attached hydrogens (tertiary/aromatic N) is 2. The third kappa shape index (κ3) is 3.34. The van der Waals surface area contributed by atoms with Crippen LogP contribution < -0.4 is 11.0 Å². The third-order valence-electron chi connectivity index (χ3n) is 2.52. The summed E-state index contributed by atoms with van der Waals surface area (Å²) in [6.07, 6.45) is 2.95. The van der Waals surface area contributed by atoms with Gasteiger partial charge in [0.05, 0.1) is 11.2 Å². The molecule has 0 atom stereocenters. The molecule has 1 N–H and O–H groups in total. The standard InChI is InChI=1S/C13H14ClN3O/c1-10-3-2-4-12(7-10)15-5-6-17-9-11(14)8-16-13(17)18/h2-4,7-9,15H,5-6H2,1H3. The van der Waals surface area contributed by atoms with Crippen LogP contribution in [0.2, 0.25) is 5.02 Å². The van der Waals surface area contributed by atoms with Gasteiger partial charge in [0.15, 0.2) is 0 Å². The summed E-state index contributed by atoms with van der Waals surface area (Å²) in [5.74, 6) is 0. The molecule has 2 rings (SSSR count). The normalized spacial score (nSPS) is 10.3. The quantitative estimate of drug-likeness (QED) is 0.921. The molecule has 18 heavy (non-hydrogen) atoms. The molecule has 94 valence electrons. The molecule has 2 aromatic rings. The number of aryl methyl sites for hydroxylation is 1. The third-order valence-corrected chi connectivity index (χ3v) is 2.72. The van der Waals surface area contributed by atoms with Gasteiger partial charge < -0.3 is 5.32 Å². The molecular weight excluding hydrogens is 250 g/mol. The summed E-state index contributed by atoms with van der Waals surface area (Å²) in [5, 5.41) is 3.71. The molecule has 0 aliphatic carbocycles. The van der Waals surface area contributed by atoms with E-state index in [4.69, 9.17) is 11.6 Å². The Hall–Kier alpha value is -1.81. The average molecular weight is 264 g/mol. The molecule has 0 unspecified atom stereocenters. The zero-order valence-corrected chi connectivity index (χ0v) is 10.8. The highest BCUT2D eigenvalue weighted by Crippen LogP contribution is 2.09. The van der Waals surface area contributed by atoms with Crippen molar-refractivity contribution in [2.75, 3.05) is 11.9 Å². The molecule has 0 bridgehead atoms. The molecule has 0 aliphatic heterocycles. The minimum atomic E-state index is -0.287. The number of aromatic nitrogens is 2. The SMILES string of the molecule is Cc1cccc(NCCn2cc(Cl)cnc2=O)c1. The maximum atomic E-state index is 11.4. The van der Waals surface area contributed by atoms with Gasteiger partial charge in [-0.05, 0) is 24.6 Å². The van der Waals surface area contributed by atoms with Crippen LogP contribution in [-0.4, -0.2) is 16.1 Å². The fourth-order valence-corrected chi connectivity index (χ4v) is 1.83. The van der Waals surface area contributed by atoms with Crippen LogP contribution in [0.4, 0.5) is 5.69 Å². The molecule has 1 heterocycles. The Labute approximate surface area is 110 Å². The number of hydrogen-bond donors (Lipinski definition) is 1. The van der Waals surface area contributed by atoms with Crippen LogP contribution in [0.15, 0.2) is 41.5 Å². The van der Waals surface area contributed by atoms with Crippen molar-refractivity contribution in [3.05, 3.63) is 57.7 Å². The number of halogens is 1. The predicted octanol–water partition coefficient (Wildman–Crippen LogP) is 2.32. The van der Waals surface area contributed by atoms with Crippen molar-refractivity contribution in [3.8, 4) is 0 Å². The van der Waals surface area contributed by atoms with Crippen LogP contribution in [0.25, 0.3) is 0 Å². The average Bonchev–Trinajstić information content (AvgIpc) is 2.34. The number of nitrogens with one attached hydrogen (secondary N) is 1. The van der Waals surface area contributed by atoms with E-state index < -0.39 is 0 Å². The van der Waals surface area contributed by atoms with Crippen molar-refractivity contribution < 1.29 is 0 Å². The van der Waals surface area contributed by atoms with E-state index in [2.05, 4.69) is 16.4 Å². The van der Waals surface area contributed by atoms with Crippen molar-refractivity contribution in [1.82, 2.24) is 9.55 Å². The number of anilines is 1. The number of hydrogen-bond acceptors (Lipinski definition) is 3. The van der Waals surface area contributed by atoms with Crippen LogP contribution in [0.5, 0.6) is 0 Å². The first-order valence-corrected chi connectivity index (χ1v) is 6.05. The summed E-state index contributed by atoms with van der Waals surface area (Å²) >= 11 is 5.79. The van der Waals surface area contributed by atoms with Crippen LogP contribution >= 0.6 is 11.6 Å². The Bertz CT molecular complexity index is 595. The van der Waals surface area contributed by atoms with E-state index in [1.807, 2.05) is 25.1 Å². The molecule has 4 nitrogen and oxygen atoms in total. The summed E-state index contributed by atoms with van der Waals surface area (Å²) in [6.45, 7) is 3.21. The highest BCUT2D eigenvalue weighted by Gasteiger charge is 1.98. The van der Waals surface area contributed by atoms with E-state index in [-0.39, 0.29) is 5.69 Å². The van der Waals surface area contributed by atoms with Crippen LogP contribution in [0.3, 0.4) is 0 Å². The van der Waals surface area contributed by atoms with Gasteiger partial charge in [-0.25, -0.2) is 9.78 Å². The number of benzene rings is 1. The first-order chi connectivity index (χ1) is 8.65. The summed E-state index contributed by atoms with van der Waals surface area (Å²) in [6, 6.07) is 8.08. The van der Waals surface area contributed by atoms with Crippen molar-refractivity contribution in [1.29, 1.82) is 0 Å². The van der Waals surface area contributed by atoms with Gasteiger partial charge in [-0.15, -0.1) is 0 Å². The minimum absolute atomic E-state index is 0.287. The molecule has 0 aliphatic rings. The Kier molecular flexibility index (Phi) is 3.99. The largest absolute Gasteiger partial charge is 0.383 e. The van der Waals surface area contributed by atoms with Gasteiger partial charge in [0.2, 0.25) is 0 Å². The molecule has 0 saturated heterocycles. The Morgan fingerprint density at radius 3 is 3.06 bits per heavy atom. The Morgan fingerprint density at radius 2 is 2.28 bits per heavy atom. The predicted molar refractivity (Wildman–Crippen MR) is 73.2 cm³/mol. The first kappa shape index (κ1) is 12.6. The van der Waals surface area contributed by atoms with Crippen molar-refractivity contribution in [3.63, 3.8) is 0 Å². The molecule has 1 aromatic carbocycles. The van der Waals surface area contributed by atoms with Crippen LogP contribution in [0, 0.1) is 6.92 Å². The Balaban J connectivity index is 1.96. The lowest BCUT2D eigenvalue weighted by Crippen LogP contribution is -2.25. The highest BCUT2D eigenvalue weighted by atomic mass is 35.5. The highest BCUT2D eigenvalue weighted by molar-refractivity contribution is 6.30. The lowest BCUT2D eigenvalue weighted by Gasteiger charge is -2.08. The van der Waals surface area contributed by atoms with E-state index in [1.165, 1.54) is 16.3 Å². The smallest absolute Gasteiger partial charge is 0.347 e. The van der Waals surface area contributed by atoms with Gasteiger partial charge in [0.25, 0.3) is 0 Å². The van der Waals surface area contributed by atoms with Gasteiger partial charge in [0.1, 0.15) is 0 Å². The minimum Gasteiger partial charge on any atom is -0.383 e. The molecular formula is C13H14ClN3O. The van der Waals surface area contributed by atoms with Gasteiger partial charge in [-0.1, -0.05) is 23.7 Å². The second-order valence-corrected chi connectivity index (χ2v) is 4.48. The van der Waals surface area contributed by atoms with Crippen molar-refractivity contribution in [2.24, 2.45) is 0 Å². The molecule has 0 fully saturated rings. The van der Waals surface area contributed by atoms with E-state index >= 15 is 0 Å². The summed E-state index contributed by atoms with van der Waals surface area (Å²) in [5.41, 5.74) is 1.95. The molecule has 1 aromatic heterocycles. The van der Waals surface area contributed by atoms with Gasteiger partial charge >= 0.3 is 5.69 Å². The van der Waals surface area contributed by atoms with Gasteiger partial charge in [0, 0.05) is 25.0 Å². The molecule has 0 spiro atoms. The summed E-state index contributed by atoms with van der Waals surface area (Å²) in [4.78, 5) is 15.1. The first-order valence-electron chi connectivity index (χ1n) is 5.68. The van der Waals surface area contributed by atoms with Gasteiger partial charge in [-0.2, -0.15) is 0 Å². The molecule has 0 radical (unpaired) electrons. The molecule has 0 amide bonds. The zero-order chi connectivity index (χ0) is 13.0. The lowest BCUT2D eigenvalue weighted by molar-refractivity contribution is 0.674. The monoisotopic (exact) mass is 263 g/mol. The maximum Gasteiger partial charge on any atom is 0.347 e. The fourth-order valence-electron chi connectivity index (χ4n) is 1.66. The van der Waals surface area contributed by atoms with E-state index in [1.54, 1.807) is 6.20 Å². The van der Waals surface area contributed by atoms with E-state index in [9.17, 15) is 4.79 Å².